The van der Waals surface area contributed by atoms with Crippen LogP contribution in [0.1, 0.15) is 22.5 Å². The molecular formula is C30H32CoN8O2. The van der Waals surface area contributed by atoms with E-state index in [2.05, 4.69) is 30.4 Å². The van der Waals surface area contributed by atoms with Crippen molar-refractivity contribution in [1.82, 2.24) is 9.97 Å². The minimum atomic E-state index is -0.123. The first kappa shape index (κ1) is 32.3. The summed E-state index contributed by atoms with van der Waals surface area (Å²) in [7, 11) is 7.83. The summed E-state index contributed by atoms with van der Waals surface area (Å²) in [6, 6.07) is 25.8. The molecule has 0 saturated carbocycles. The largest absolute Gasteiger partial charge is 0.492 e. The van der Waals surface area contributed by atoms with Crippen LogP contribution in [-0.2, 0) is 16.8 Å². The van der Waals surface area contributed by atoms with Gasteiger partial charge in [0.05, 0.1) is 23.8 Å². The molecule has 2 heterocycles. The van der Waals surface area contributed by atoms with Gasteiger partial charge in [0, 0.05) is 79.9 Å². The summed E-state index contributed by atoms with van der Waals surface area (Å²) in [5.41, 5.74) is 4.72. The summed E-state index contributed by atoms with van der Waals surface area (Å²) >= 11 is 0. The summed E-state index contributed by atoms with van der Waals surface area (Å²) in [5, 5.41) is 34.8. The van der Waals surface area contributed by atoms with Crippen LogP contribution in [0.2, 0.25) is 0 Å². The van der Waals surface area contributed by atoms with Crippen LogP contribution < -0.4 is 9.80 Å². The topological polar surface area (TPSA) is 122 Å². The normalized spacial score (nSPS) is 11.5. The van der Waals surface area contributed by atoms with E-state index in [9.17, 15) is 10.2 Å². The molecule has 11 heteroatoms. The van der Waals surface area contributed by atoms with Crippen LogP contribution in [0.5, 0.6) is 0 Å². The standard InChI is InChI=1S/2C15H16N4O.Co/c2*1-19(2)14-8-6-12(7-9-14)15(20)18-17-11-13-5-3-4-10-16-13;/h2*3-11H,1-2H3,(H,18,20);/b2*17-11+;. The molecule has 0 fully saturated rings. The molecule has 0 saturated heterocycles. The molecule has 2 aromatic carbocycles. The summed E-state index contributed by atoms with van der Waals surface area (Å²) in [4.78, 5) is 12.1. The van der Waals surface area contributed by atoms with E-state index < -0.39 is 0 Å². The number of aromatic nitrogens is 2. The molecule has 2 N–H and O–H groups in total. The SMILES string of the molecule is CN(C)c1ccc(C(O)=N/N=C/c2ccccn2)cc1.CN(C)c1ccc(C(O)=N/N=C/c2ccccn2)cc1.[Co]. The molecule has 0 spiro atoms. The van der Waals surface area contributed by atoms with Crippen molar-refractivity contribution in [2.24, 2.45) is 20.4 Å². The van der Waals surface area contributed by atoms with Crippen molar-refractivity contribution in [2.45, 2.75) is 0 Å². The number of pyridine rings is 2. The zero-order valence-electron chi connectivity index (χ0n) is 23.2. The van der Waals surface area contributed by atoms with E-state index in [0.717, 1.165) is 11.4 Å². The van der Waals surface area contributed by atoms with Crippen molar-refractivity contribution in [3.8, 4) is 0 Å². The van der Waals surface area contributed by atoms with E-state index in [0.29, 0.717) is 22.5 Å². The Labute approximate surface area is 250 Å². The van der Waals surface area contributed by atoms with Crippen LogP contribution in [0.4, 0.5) is 11.4 Å². The van der Waals surface area contributed by atoms with Gasteiger partial charge in [-0.05, 0) is 72.8 Å². The molecule has 0 aliphatic heterocycles. The molecule has 0 bridgehead atoms. The Morgan fingerprint density at radius 2 is 0.951 bits per heavy atom. The van der Waals surface area contributed by atoms with Crippen molar-refractivity contribution in [2.75, 3.05) is 38.0 Å². The molecule has 0 aliphatic rings. The molecule has 41 heavy (non-hydrogen) atoms. The van der Waals surface area contributed by atoms with Crippen molar-refractivity contribution in [3.05, 3.63) is 120 Å². The van der Waals surface area contributed by atoms with Gasteiger partial charge in [-0.3, -0.25) is 9.97 Å². The molecule has 0 atom stereocenters. The van der Waals surface area contributed by atoms with Crippen molar-refractivity contribution >= 4 is 35.6 Å². The predicted molar refractivity (Wildman–Crippen MR) is 164 cm³/mol. The first-order valence-electron chi connectivity index (χ1n) is 12.3. The fourth-order valence-electron chi connectivity index (χ4n) is 3.12. The van der Waals surface area contributed by atoms with Gasteiger partial charge in [0.15, 0.2) is 0 Å². The molecule has 1 radical (unpaired) electrons. The Balaban J connectivity index is 0.000000280. The van der Waals surface area contributed by atoms with Crippen LogP contribution in [0.25, 0.3) is 0 Å². The Hall–Kier alpha value is -4.87. The van der Waals surface area contributed by atoms with E-state index in [1.54, 1.807) is 36.7 Å². The van der Waals surface area contributed by atoms with E-state index in [1.165, 1.54) is 12.4 Å². The second-order valence-electron chi connectivity index (χ2n) is 8.73. The molecule has 0 amide bonds. The Kier molecular flexibility index (Phi) is 13.4. The second-order valence-corrected chi connectivity index (χ2v) is 8.73. The van der Waals surface area contributed by atoms with Crippen molar-refractivity contribution in [3.63, 3.8) is 0 Å². The molecule has 0 unspecified atom stereocenters. The van der Waals surface area contributed by atoms with Gasteiger partial charge in [-0.2, -0.15) is 10.2 Å². The molecule has 0 aliphatic carbocycles. The minimum absolute atomic E-state index is 0. The number of hydrogen-bond acceptors (Lipinski definition) is 8. The molecule has 4 aromatic rings. The second kappa shape index (κ2) is 17.0. The van der Waals surface area contributed by atoms with Gasteiger partial charge < -0.3 is 20.0 Å². The van der Waals surface area contributed by atoms with Gasteiger partial charge in [-0.1, -0.05) is 12.1 Å². The average molecular weight is 596 g/mol. The summed E-state index contributed by atoms with van der Waals surface area (Å²) in [5.74, 6) is -0.245. The zero-order valence-corrected chi connectivity index (χ0v) is 24.2. The molecular weight excluding hydrogens is 563 g/mol. The molecule has 213 valence electrons. The quantitative estimate of drug-likeness (QED) is 0.169. The van der Waals surface area contributed by atoms with Gasteiger partial charge >= 0.3 is 0 Å². The summed E-state index contributed by atoms with van der Waals surface area (Å²) < 4.78 is 0. The Bertz CT molecular complexity index is 1330. The number of aliphatic hydroxyl groups is 2. The predicted octanol–water partition coefficient (Wildman–Crippen LogP) is 4.97. The number of hydrogen-bond donors (Lipinski definition) is 2. The maximum absolute atomic E-state index is 9.83. The van der Waals surface area contributed by atoms with Gasteiger partial charge in [0.1, 0.15) is 0 Å². The Morgan fingerprint density at radius 3 is 1.24 bits per heavy atom. The first-order chi connectivity index (χ1) is 19.3. The third-order valence-electron chi connectivity index (χ3n) is 5.34. The van der Waals surface area contributed by atoms with Gasteiger partial charge in [-0.15, -0.1) is 10.2 Å². The zero-order chi connectivity index (χ0) is 28.7. The maximum Gasteiger partial charge on any atom is 0.238 e. The van der Waals surface area contributed by atoms with Crippen molar-refractivity contribution in [1.29, 1.82) is 0 Å². The van der Waals surface area contributed by atoms with E-state index >= 15 is 0 Å². The maximum atomic E-state index is 9.83. The first-order valence-corrected chi connectivity index (χ1v) is 12.3. The van der Waals surface area contributed by atoms with Gasteiger partial charge in [0.25, 0.3) is 0 Å². The van der Waals surface area contributed by atoms with Crippen LogP contribution >= 0.6 is 0 Å². The van der Waals surface area contributed by atoms with Crippen LogP contribution in [0.3, 0.4) is 0 Å². The monoisotopic (exact) mass is 595 g/mol. The molecule has 10 nitrogen and oxygen atoms in total. The number of aliphatic hydroxyl groups excluding tert-OH is 2. The van der Waals surface area contributed by atoms with E-state index in [1.807, 2.05) is 98.7 Å². The van der Waals surface area contributed by atoms with Crippen LogP contribution in [-0.4, -0.2) is 72.6 Å². The minimum Gasteiger partial charge on any atom is -0.492 e. The van der Waals surface area contributed by atoms with Gasteiger partial charge in [0.2, 0.25) is 11.8 Å². The fourth-order valence-corrected chi connectivity index (χ4v) is 3.12. The van der Waals surface area contributed by atoms with Crippen LogP contribution in [0.15, 0.2) is 118 Å². The smallest absolute Gasteiger partial charge is 0.238 e. The summed E-state index contributed by atoms with van der Waals surface area (Å²) in [6.07, 6.45) is 6.32. The van der Waals surface area contributed by atoms with Crippen LogP contribution in [0, 0.1) is 0 Å². The molecule has 4 rings (SSSR count). The third kappa shape index (κ3) is 11.0. The number of anilines is 2. The number of nitrogens with zero attached hydrogens (tertiary/aromatic N) is 8. The number of benzene rings is 2. The third-order valence-corrected chi connectivity index (χ3v) is 5.34. The van der Waals surface area contributed by atoms with E-state index in [-0.39, 0.29) is 28.6 Å². The molecule has 2 aromatic heterocycles. The van der Waals surface area contributed by atoms with E-state index in [4.69, 9.17) is 0 Å². The summed E-state index contributed by atoms with van der Waals surface area (Å²) in [6.45, 7) is 0. The van der Waals surface area contributed by atoms with Gasteiger partial charge in [-0.25, -0.2) is 0 Å². The fraction of sp³-hybridized carbons (Fsp3) is 0.133. The Morgan fingerprint density at radius 1 is 0.585 bits per heavy atom. The average Bonchev–Trinajstić information content (AvgIpc) is 2.98. The van der Waals surface area contributed by atoms with Crippen molar-refractivity contribution < 1.29 is 27.0 Å². The number of rotatable bonds is 8.